The quantitative estimate of drug-likeness (QED) is 0.355. The Hall–Kier alpha value is 0.624. The summed E-state index contributed by atoms with van der Waals surface area (Å²) in [5.41, 5.74) is 0.119. The number of thioether (sulfide) groups is 1. The van der Waals surface area contributed by atoms with Crippen LogP contribution in [0.5, 0.6) is 0 Å². The van der Waals surface area contributed by atoms with E-state index in [1.807, 2.05) is 11.8 Å². The molecule has 0 aromatic carbocycles. The van der Waals surface area contributed by atoms with Gasteiger partial charge < -0.3 is 18.7 Å². The maximum Gasteiger partial charge on any atom is 0.192 e. The van der Waals surface area contributed by atoms with Gasteiger partial charge in [0, 0.05) is 18.3 Å². The van der Waals surface area contributed by atoms with Crippen LogP contribution in [0.4, 0.5) is 0 Å². The molecule has 1 rings (SSSR count). The van der Waals surface area contributed by atoms with Gasteiger partial charge >= 0.3 is 0 Å². The minimum Gasteiger partial charge on any atom is -0.413 e. The zero-order valence-electron chi connectivity index (χ0n) is 22.7. The minimum atomic E-state index is -1.97. The molecule has 1 heterocycles. The molecule has 1 fully saturated rings. The lowest BCUT2D eigenvalue weighted by atomic mass is 9.84. The van der Waals surface area contributed by atoms with Crippen LogP contribution in [0, 0.1) is 11.8 Å². The first-order valence-electron chi connectivity index (χ1n) is 12.1. The van der Waals surface area contributed by atoms with Crippen molar-refractivity contribution in [1.29, 1.82) is 0 Å². The van der Waals surface area contributed by atoms with Crippen LogP contribution in [-0.2, 0) is 13.6 Å². The monoisotopic (exact) mass is 492 g/mol. The van der Waals surface area contributed by atoms with Crippen LogP contribution in [0.3, 0.4) is 0 Å². The van der Waals surface area contributed by atoms with Gasteiger partial charge in [-0.3, -0.25) is 0 Å². The number of hydrogen-bond acceptors (Lipinski definition) is 5. The molecule has 0 bridgehead atoms. The van der Waals surface area contributed by atoms with E-state index in [4.69, 9.17) is 13.6 Å². The van der Waals surface area contributed by atoms with E-state index in [1.54, 1.807) is 0 Å². The van der Waals surface area contributed by atoms with Crippen molar-refractivity contribution in [3.8, 4) is 0 Å². The molecule has 1 N–H and O–H groups in total. The van der Waals surface area contributed by atoms with Crippen LogP contribution in [0.15, 0.2) is 0 Å². The highest BCUT2D eigenvalue weighted by molar-refractivity contribution is 7.99. The molecule has 0 aromatic rings. The fourth-order valence-corrected chi connectivity index (χ4v) is 7.46. The average molecular weight is 493 g/mol. The lowest BCUT2D eigenvalue weighted by Gasteiger charge is -2.50. The summed E-state index contributed by atoms with van der Waals surface area (Å²) >= 11 is 1.87. The lowest BCUT2D eigenvalue weighted by Crippen LogP contribution is -2.56. The summed E-state index contributed by atoms with van der Waals surface area (Å²) in [6.07, 6.45) is 0.713. The normalized spacial score (nSPS) is 29.8. The first kappa shape index (κ1) is 29.7. The molecule has 1 saturated heterocycles. The first-order valence-corrected chi connectivity index (χ1v) is 19.0. The fourth-order valence-electron chi connectivity index (χ4n) is 3.64. The Bertz CT molecular complexity index is 557. The van der Waals surface area contributed by atoms with Gasteiger partial charge in [0.2, 0.25) is 0 Å². The Kier molecular flexibility index (Phi) is 10.4. The maximum atomic E-state index is 10.2. The van der Waals surface area contributed by atoms with Crippen LogP contribution in [0.2, 0.25) is 36.3 Å². The fraction of sp³-hybridized carbons (Fsp3) is 1.00. The first-order chi connectivity index (χ1) is 13.9. The third kappa shape index (κ3) is 7.56. The molecule has 0 spiro atoms. The van der Waals surface area contributed by atoms with Gasteiger partial charge in [-0.05, 0) is 42.0 Å². The van der Waals surface area contributed by atoms with Gasteiger partial charge in [0.25, 0.3) is 0 Å². The van der Waals surface area contributed by atoms with Crippen LogP contribution in [-0.4, -0.2) is 57.8 Å². The molecule has 4 nitrogen and oxygen atoms in total. The van der Waals surface area contributed by atoms with Gasteiger partial charge in [-0.25, -0.2) is 0 Å². The largest absolute Gasteiger partial charge is 0.413 e. The van der Waals surface area contributed by atoms with E-state index in [0.717, 1.165) is 12.2 Å². The molecule has 7 heteroatoms. The molecular formula is C24H52O4SSi2. The smallest absolute Gasteiger partial charge is 0.192 e. The Labute approximate surface area is 199 Å². The predicted octanol–water partition coefficient (Wildman–Crippen LogP) is 6.90. The standard InChI is InChI=1S/C24H52O4SSi2/c1-14-29-22-18(3)21(28-31(12,13)24(7,8)9)17(2)20(26-22)15-19(16-25)27-30(10,11)23(4,5)6/h17-22,25H,14-16H2,1-13H3/t17-,18+,19-,20-,21-,22+/m1/s1. The molecule has 1 aliphatic heterocycles. The molecule has 186 valence electrons. The van der Waals surface area contributed by atoms with Crippen molar-refractivity contribution in [3.05, 3.63) is 0 Å². The zero-order valence-corrected chi connectivity index (χ0v) is 25.5. The topological polar surface area (TPSA) is 47.9 Å². The second-order valence-electron chi connectivity index (χ2n) is 12.5. The Morgan fingerprint density at radius 2 is 1.45 bits per heavy atom. The lowest BCUT2D eigenvalue weighted by molar-refractivity contribution is -0.138. The van der Waals surface area contributed by atoms with Gasteiger partial charge in [-0.1, -0.05) is 62.3 Å². The van der Waals surface area contributed by atoms with Gasteiger partial charge in [-0.2, -0.15) is 0 Å². The van der Waals surface area contributed by atoms with Gasteiger partial charge in [0.1, 0.15) is 5.44 Å². The molecule has 6 atom stereocenters. The van der Waals surface area contributed by atoms with Crippen molar-refractivity contribution in [2.45, 2.75) is 129 Å². The average Bonchev–Trinajstić information content (AvgIpc) is 2.60. The Morgan fingerprint density at radius 1 is 0.935 bits per heavy atom. The summed E-state index contributed by atoms with van der Waals surface area (Å²) in [6.45, 7) is 29.6. The highest BCUT2D eigenvalue weighted by Gasteiger charge is 2.48. The summed E-state index contributed by atoms with van der Waals surface area (Å²) in [4.78, 5) is 0. The van der Waals surface area contributed by atoms with Crippen molar-refractivity contribution in [3.63, 3.8) is 0 Å². The van der Waals surface area contributed by atoms with Crippen molar-refractivity contribution in [2.75, 3.05) is 12.4 Å². The second-order valence-corrected chi connectivity index (χ2v) is 23.4. The van der Waals surface area contributed by atoms with Crippen molar-refractivity contribution >= 4 is 28.4 Å². The second kappa shape index (κ2) is 10.9. The summed E-state index contributed by atoms with van der Waals surface area (Å²) in [5, 5.41) is 10.5. The number of hydrogen-bond donors (Lipinski definition) is 1. The molecule has 0 aliphatic carbocycles. The SMILES string of the molecule is CCS[C@@H]1O[C@H](C[C@H](CO)O[Si](C)(C)C(C)(C)C)[C@@H](C)[C@@H](O[Si](C)(C)C(C)(C)C)[C@@H]1C. The molecule has 1 aliphatic rings. The summed E-state index contributed by atoms with van der Waals surface area (Å²) in [7, 11) is -3.87. The molecule has 0 aromatic heterocycles. The van der Waals surface area contributed by atoms with E-state index in [9.17, 15) is 5.11 Å². The summed E-state index contributed by atoms with van der Waals surface area (Å²) < 4.78 is 20.2. The third-order valence-corrected chi connectivity index (χ3v) is 18.1. The van der Waals surface area contributed by atoms with Gasteiger partial charge in [-0.15, -0.1) is 11.8 Å². The van der Waals surface area contributed by atoms with Gasteiger partial charge in [0.05, 0.1) is 24.9 Å². The molecular weight excluding hydrogens is 440 g/mol. The summed E-state index contributed by atoms with van der Waals surface area (Å²) in [5.74, 6) is 1.61. The highest BCUT2D eigenvalue weighted by atomic mass is 32.2. The van der Waals surface area contributed by atoms with Gasteiger partial charge in [0.15, 0.2) is 16.6 Å². The number of ether oxygens (including phenoxy) is 1. The molecule has 0 radical (unpaired) electrons. The van der Waals surface area contributed by atoms with Crippen LogP contribution in [0.25, 0.3) is 0 Å². The van der Waals surface area contributed by atoms with E-state index in [0.29, 0.717) is 5.92 Å². The van der Waals surface area contributed by atoms with E-state index in [1.165, 1.54) is 0 Å². The van der Waals surface area contributed by atoms with Crippen molar-refractivity contribution < 1.29 is 18.7 Å². The highest BCUT2D eigenvalue weighted by Crippen LogP contribution is 2.45. The molecule has 0 unspecified atom stereocenters. The molecule has 0 saturated carbocycles. The van der Waals surface area contributed by atoms with E-state index >= 15 is 0 Å². The zero-order chi connectivity index (χ0) is 24.4. The summed E-state index contributed by atoms with van der Waals surface area (Å²) in [6, 6.07) is 0. The number of rotatable bonds is 9. The Balaban J connectivity index is 3.10. The third-order valence-electron chi connectivity index (χ3n) is 7.90. The predicted molar refractivity (Wildman–Crippen MR) is 141 cm³/mol. The van der Waals surface area contributed by atoms with E-state index < -0.39 is 16.6 Å². The van der Waals surface area contributed by atoms with E-state index in [-0.39, 0.29) is 46.3 Å². The van der Waals surface area contributed by atoms with Crippen LogP contribution >= 0.6 is 11.8 Å². The van der Waals surface area contributed by atoms with Crippen LogP contribution < -0.4 is 0 Å². The minimum absolute atomic E-state index is 0.0249. The van der Waals surface area contributed by atoms with Crippen molar-refractivity contribution in [1.82, 2.24) is 0 Å². The van der Waals surface area contributed by atoms with Crippen LogP contribution in [0.1, 0.15) is 68.7 Å². The van der Waals surface area contributed by atoms with E-state index in [2.05, 4.69) is 88.5 Å². The maximum absolute atomic E-state index is 10.2. The Morgan fingerprint density at radius 3 is 1.87 bits per heavy atom. The molecule has 31 heavy (non-hydrogen) atoms. The number of aliphatic hydroxyl groups excluding tert-OH is 1. The van der Waals surface area contributed by atoms with Crippen molar-refractivity contribution in [2.24, 2.45) is 11.8 Å². The molecule has 0 amide bonds. The number of aliphatic hydroxyl groups is 1.